The van der Waals surface area contributed by atoms with Crippen molar-refractivity contribution in [2.24, 2.45) is 0 Å². The summed E-state index contributed by atoms with van der Waals surface area (Å²) in [4.78, 5) is 22.2. The number of carboxylic acids is 1. The van der Waals surface area contributed by atoms with Gasteiger partial charge in [-0.05, 0) is 25.0 Å². The van der Waals surface area contributed by atoms with Crippen LogP contribution in [0.25, 0.3) is 0 Å². The Kier molecular flexibility index (Phi) is 5.99. The van der Waals surface area contributed by atoms with E-state index in [1.54, 1.807) is 19.1 Å². The van der Waals surface area contributed by atoms with Crippen LogP contribution in [0.4, 0.5) is 0 Å². The first kappa shape index (κ1) is 16.0. The van der Waals surface area contributed by atoms with Crippen molar-refractivity contribution in [3.63, 3.8) is 0 Å². The molecule has 0 amide bonds. The summed E-state index contributed by atoms with van der Waals surface area (Å²) in [7, 11) is 1.28. The van der Waals surface area contributed by atoms with Crippen LogP contribution in [0.2, 0.25) is 0 Å². The summed E-state index contributed by atoms with van der Waals surface area (Å²) in [6.45, 7) is 2.20. The van der Waals surface area contributed by atoms with Crippen LogP contribution in [-0.2, 0) is 20.7 Å². The molecule has 0 radical (unpaired) electrons. The summed E-state index contributed by atoms with van der Waals surface area (Å²) < 4.78 is 9.98. The van der Waals surface area contributed by atoms with E-state index in [1.807, 2.05) is 0 Å². The van der Waals surface area contributed by atoms with Crippen molar-refractivity contribution in [1.29, 1.82) is 0 Å². The topological polar surface area (TPSA) is 93.1 Å². The van der Waals surface area contributed by atoms with Crippen LogP contribution in [0.15, 0.2) is 18.2 Å². The normalized spacial score (nSPS) is 11.8. The zero-order valence-electron chi connectivity index (χ0n) is 11.5. The van der Waals surface area contributed by atoms with Crippen molar-refractivity contribution in [2.75, 3.05) is 13.7 Å². The monoisotopic (exact) mass is 282 g/mol. The summed E-state index contributed by atoms with van der Waals surface area (Å²) in [6, 6.07) is 4.79. The fourth-order valence-electron chi connectivity index (χ4n) is 1.86. The number of hydrogen-bond acceptors (Lipinski definition) is 5. The molecule has 1 atom stereocenters. The van der Waals surface area contributed by atoms with Gasteiger partial charge >= 0.3 is 11.9 Å². The fourth-order valence-corrected chi connectivity index (χ4v) is 1.86. The molecule has 0 fully saturated rings. The largest absolute Gasteiger partial charge is 0.494 e. The molecule has 2 N–H and O–H groups in total. The molecule has 1 aromatic rings. The maximum absolute atomic E-state index is 11.2. The van der Waals surface area contributed by atoms with Crippen molar-refractivity contribution >= 4 is 11.9 Å². The fraction of sp³-hybridized carbons (Fsp3) is 0.429. The zero-order valence-corrected chi connectivity index (χ0v) is 11.5. The van der Waals surface area contributed by atoms with E-state index >= 15 is 0 Å². The SMILES string of the molecule is CCOc1cccc(C(O)C(=O)O)c1CCC(=O)OC. The van der Waals surface area contributed by atoms with Gasteiger partial charge in [-0.1, -0.05) is 12.1 Å². The molecule has 0 aliphatic carbocycles. The van der Waals surface area contributed by atoms with Crippen molar-refractivity contribution in [3.05, 3.63) is 29.3 Å². The van der Waals surface area contributed by atoms with Crippen LogP contribution >= 0.6 is 0 Å². The average molecular weight is 282 g/mol. The van der Waals surface area contributed by atoms with Gasteiger partial charge in [0.15, 0.2) is 6.10 Å². The first-order chi connectivity index (χ1) is 9.51. The smallest absolute Gasteiger partial charge is 0.337 e. The summed E-state index contributed by atoms with van der Waals surface area (Å²) in [5, 5.41) is 18.6. The summed E-state index contributed by atoms with van der Waals surface area (Å²) in [5.74, 6) is -1.29. The van der Waals surface area contributed by atoms with Crippen LogP contribution in [0, 0.1) is 0 Å². The maximum Gasteiger partial charge on any atom is 0.337 e. The summed E-state index contributed by atoms with van der Waals surface area (Å²) in [5.41, 5.74) is 0.738. The number of esters is 1. The molecule has 0 aliphatic heterocycles. The number of methoxy groups -OCH3 is 1. The van der Waals surface area contributed by atoms with Gasteiger partial charge in [0, 0.05) is 12.0 Å². The Labute approximate surface area is 116 Å². The Morgan fingerprint density at radius 3 is 2.60 bits per heavy atom. The lowest BCUT2D eigenvalue weighted by atomic mass is 9.97. The average Bonchev–Trinajstić information content (AvgIpc) is 2.44. The molecule has 1 aromatic carbocycles. The van der Waals surface area contributed by atoms with E-state index < -0.39 is 18.0 Å². The van der Waals surface area contributed by atoms with Crippen LogP contribution in [-0.4, -0.2) is 35.9 Å². The number of aliphatic hydroxyl groups excluding tert-OH is 1. The highest BCUT2D eigenvalue weighted by Crippen LogP contribution is 2.29. The van der Waals surface area contributed by atoms with E-state index in [2.05, 4.69) is 4.74 Å². The molecule has 0 aromatic heterocycles. The standard InChI is InChI=1S/C14H18O6/c1-3-20-11-6-4-5-10(13(16)14(17)18)9(11)7-8-12(15)19-2/h4-6,13,16H,3,7-8H2,1-2H3,(H,17,18). The molecular weight excluding hydrogens is 264 g/mol. The molecule has 6 nitrogen and oxygen atoms in total. The van der Waals surface area contributed by atoms with Crippen molar-refractivity contribution in [2.45, 2.75) is 25.9 Å². The number of ether oxygens (including phenoxy) is 2. The number of benzene rings is 1. The molecule has 1 rings (SSSR count). The first-order valence-corrected chi connectivity index (χ1v) is 6.23. The van der Waals surface area contributed by atoms with E-state index in [1.165, 1.54) is 13.2 Å². The zero-order chi connectivity index (χ0) is 15.1. The molecule has 110 valence electrons. The van der Waals surface area contributed by atoms with Crippen LogP contribution < -0.4 is 4.74 Å². The highest BCUT2D eigenvalue weighted by Gasteiger charge is 2.22. The third-order valence-corrected chi connectivity index (χ3v) is 2.80. The predicted molar refractivity (Wildman–Crippen MR) is 70.5 cm³/mol. The lowest BCUT2D eigenvalue weighted by Crippen LogP contribution is -2.14. The minimum absolute atomic E-state index is 0.0833. The maximum atomic E-state index is 11.2. The van der Waals surface area contributed by atoms with Gasteiger partial charge in [0.1, 0.15) is 5.75 Å². The molecule has 0 saturated carbocycles. The number of carboxylic acid groups (broad SMARTS) is 1. The molecule has 1 unspecified atom stereocenters. The quantitative estimate of drug-likeness (QED) is 0.732. The summed E-state index contributed by atoms with van der Waals surface area (Å²) in [6.07, 6.45) is -1.33. The van der Waals surface area contributed by atoms with Crippen molar-refractivity contribution < 1.29 is 29.3 Å². The van der Waals surface area contributed by atoms with Gasteiger partial charge in [-0.2, -0.15) is 0 Å². The number of aliphatic hydroxyl groups is 1. The van der Waals surface area contributed by atoms with Crippen LogP contribution in [0.3, 0.4) is 0 Å². The van der Waals surface area contributed by atoms with E-state index in [9.17, 15) is 14.7 Å². The second-order valence-corrected chi connectivity index (χ2v) is 4.07. The highest BCUT2D eigenvalue weighted by molar-refractivity contribution is 5.75. The molecule has 6 heteroatoms. The van der Waals surface area contributed by atoms with Gasteiger partial charge in [0.2, 0.25) is 0 Å². The van der Waals surface area contributed by atoms with Gasteiger partial charge in [-0.25, -0.2) is 4.79 Å². The van der Waals surface area contributed by atoms with Crippen LogP contribution in [0.1, 0.15) is 30.6 Å². The summed E-state index contributed by atoms with van der Waals surface area (Å²) >= 11 is 0. The second-order valence-electron chi connectivity index (χ2n) is 4.07. The van der Waals surface area contributed by atoms with Crippen LogP contribution in [0.5, 0.6) is 5.75 Å². The van der Waals surface area contributed by atoms with E-state index in [4.69, 9.17) is 9.84 Å². The second kappa shape index (κ2) is 7.49. The third-order valence-electron chi connectivity index (χ3n) is 2.80. The van der Waals surface area contributed by atoms with E-state index in [0.717, 1.165) is 0 Å². The molecule has 20 heavy (non-hydrogen) atoms. The van der Waals surface area contributed by atoms with Crippen molar-refractivity contribution in [1.82, 2.24) is 0 Å². The predicted octanol–water partition coefficient (Wildman–Crippen LogP) is 1.31. The third kappa shape index (κ3) is 3.96. The Morgan fingerprint density at radius 1 is 1.35 bits per heavy atom. The molecule has 0 bridgehead atoms. The van der Waals surface area contributed by atoms with Gasteiger partial charge in [-0.3, -0.25) is 4.79 Å². The number of rotatable bonds is 7. The number of carbonyl (C=O) groups excluding carboxylic acids is 1. The van der Waals surface area contributed by atoms with Gasteiger partial charge < -0.3 is 19.7 Å². The van der Waals surface area contributed by atoms with Crippen molar-refractivity contribution in [3.8, 4) is 5.75 Å². The number of aliphatic carboxylic acids is 1. The van der Waals surface area contributed by atoms with Gasteiger partial charge in [0.25, 0.3) is 0 Å². The Hall–Kier alpha value is -2.08. The van der Waals surface area contributed by atoms with E-state index in [0.29, 0.717) is 17.9 Å². The van der Waals surface area contributed by atoms with E-state index in [-0.39, 0.29) is 18.4 Å². The molecule has 0 aliphatic rings. The molecule has 0 saturated heterocycles. The number of carbonyl (C=O) groups is 2. The number of hydrogen-bond donors (Lipinski definition) is 2. The Balaban J connectivity index is 3.11. The Bertz CT molecular complexity index is 483. The molecule has 0 spiro atoms. The minimum Gasteiger partial charge on any atom is -0.494 e. The molecule has 0 heterocycles. The van der Waals surface area contributed by atoms with Gasteiger partial charge in [0.05, 0.1) is 13.7 Å². The van der Waals surface area contributed by atoms with Gasteiger partial charge in [-0.15, -0.1) is 0 Å². The lowest BCUT2D eigenvalue weighted by molar-refractivity contribution is -0.147. The minimum atomic E-state index is -1.65. The first-order valence-electron chi connectivity index (χ1n) is 6.23. The Morgan fingerprint density at radius 2 is 2.05 bits per heavy atom. The lowest BCUT2D eigenvalue weighted by Gasteiger charge is -2.16. The molecular formula is C14H18O6. The highest BCUT2D eigenvalue weighted by atomic mass is 16.5.